The molecule has 10 heavy (non-hydrogen) atoms. The molecule has 0 N–H and O–H groups in total. The fourth-order valence-corrected chi connectivity index (χ4v) is 1.04. The van der Waals surface area contributed by atoms with E-state index in [4.69, 9.17) is 0 Å². The van der Waals surface area contributed by atoms with Gasteiger partial charge in [0.2, 0.25) is 0 Å². The SMILES string of the molecule is CCC(C)=CC(CC)CC. The van der Waals surface area contributed by atoms with Gasteiger partial charge < -0.3 is 0 Å². The van der Waals surface area contributed by atoms with Crippen LogP contribution >= 0.6 is 0 Å². The van der Waals surface area contributed by atoms with Gasteiger partial charge in [-0.05, 0) is 32.1 Å². The van der Waals surface area contributed by atoms with Crippen LogP contribution in [0.5, 0.6) is 0 Å². The maximum absolute atomic E-state index is 2.42. The topological polar surface area (TPSA) is 0 Å². The third-order valence-corrected chi connectivity index (χ3v) is 2.13. The van der Waals surface area contributed by atoms with Crippen LogP contribution in [0.4, 0.5) is 0 Å². The van der Waals surface area contributed by atoms with Gasteiger partial charge in [-0.25, -0.2) is 0 Å². The predicted octanol–water partition coefficient (Wildman–Crippen LogP) is 3.78. The molecule has 0 aliphatic heterocycles. The number of allylic oxidation sites excluding steroid dienone is 2. The van der Waals surface area contributed by atoms with E-state index in [1.165, 1.54) is 24.8 Å². The van der Waals surface area contributed by atoms with Crippen LogP contribution in [0.15, 0.2) is 11.6 Å². The summed E-state index contributed by atoms with van der Waals surface area (Å²) in [6, 6.07) is 0. The van der Waals surface area contributed by atoms with E-state index in [2.05, 4.69) is 33.8 Å². The molecule has 0 unspecified atom stereocenters. The van der Waals surface area contributed by atoms with Gasteiger partial charge in [0, 0.05) is 0 Å². The highest BCUT2D eigenvalue weighted by molar-refractivity contribution is 4.99. The molecule has 0 fully saturated rings. The van der Waals surface area contributed by atoms with Crippen molar-refractivity contribution in [1.82, 2.24) is 0 Å². The van der Waals surface area contributed by atoms with Crippen molar-refractivity contribution in [3.05, 3.63) is 11.6 Å². The van der Waals surface area contributed by atoms with E-state index in [-0.39, 0.29) is 0 Å². The summed E-state index contributed by atoms with van der Waals surface area (Å²) in [6.07, 6.45) is 6.19. The third kappa shape index (κ3) is 3.71. The van der Waals surface area contributed by atoms with Crippen LogP contribution in [0.2, 0.25) is 0 Å². The van der Waals surface area contributed by atoms with Gasteiger partial charge in [0.05, 0.1) is 0 Å². The first kappa shape index (κ1) is 9.74. The van der Waals surface area contributed by atoms with E-state index in [0.717, 1.165) is 5.92 Å². The van der Waals surface area contributed by atoms with Gasteiger partial charge in [-0.1, -0.05) is 32.4 Å². The van der Waals surface area contributed by atoms with E-state index >= 15 is 0 Å². The van der Waals surface area contributed by atoms with E-state index < -0.39 is 0 Å². The predicted molar refractivity (Wildman–Crippen MR) is 48.1 cm³/mol. The fraction of sp³-hybridized carbons (Fsp3) is 0.800. The zero-order valence-electron chi connectivity index (χ0n) is 7.78. The monoisotopic (exact) mass is 140 g/mol. The van der Waals surface area contributed by atoms with Crippen molar-refractivity contribution in [2.24, 2.45) is 5.92 Å². The second kappa shape index (κ2) is 5.52. The van der Waals surface area contributed by atoms with E-state index in [0.29, 0.717) is 0 Å². The van der Waals surface area contributed by atoms with Crippen molar-refractivity contribution < 1.29 is 0 Å². The Labute approximate surface area is 65.3 Å². The quantitative estimate of drug-likeness (QED) is 0.521. The van der Waals surface area contributed by atoms with Crippen LogP contribution < -0.4 is 0 Å². The van der Waals surface area contributed by atoms with Crippen molar-refractivity contribution in [2.45, 2.75) is 47.0 Å². The number of hydrogen-bond donors (Lipinski definition) is 0. The molecule has 0 aromatic rings. The molecule has 0 heterocycles. The summed E-state index contributed by atoms with van der Waals surface area (Å²) in [6.45, 7) is 8.95. The van der Waals surface area contributed by atoms with Crippen molar-refractivity contribution >= 4 is 0 Å². The molecule has 0 aromatic carbocycles. The molecule has 0 bridgehead atoms. The smallest absolute Gasteiger partial charge is 0.0236 e. The molecule has 0 spiro atoms. The molecule has 0 saturated heterocycles. The van der Waals surface area contributed by atoms with Crippen LogP contribution in [0.1, 0.15) is 47.0 Å². The van der Waals surface area contributed by atoms with Gasteiger partial charge in [-0.3, -0.25) is 0 Å². The zero-order valence-corrected chi connectivity index (χ0v) is 7.78. The van der Waals surface area contributed by atoms with Gasteiger partial charge in [0.15, 0.2) is 0 Å². The summed E-state index contributed by atoms with van der Waals surface area (Å²) in [7, 11) is 0. The Morgan fingerprint density at radius 2 is 1.70 bits per heavy atom. The Kier molecular flexibility index (Phi) is 5.38. The summed E-state index contributed by atoms with van der Waals surface area (Å²) >= 11 is 0. The normalized spacial score (nSPS) is 12.7. The first-order valence-corrected chi connectivity index (χ1v) is 4.41. The van der Waals surface area contributed by atoms with Crippen molar-refractivity contribution in [3.8, 4) is 0 Å². The molecule has 0 aliphatic rings. The summed E-state index contributed by atoms with van der Waals surface area (Å²) in [5.74, 6) is 0.819. The van der Waals surface area contributed by atoms with Crippen LogP contribution in [0.25, 0.3) is 0 Å². The standard InChI is InChI=1S/C10H20/c1-5-9(4)8-10(6-2)7-3/h8,10H,5-7H2,1-4H3. The maximum atomic E-state index is 2.42. The second-order valence-electron chi connectivity index (χ2n) is 2.94. The van der Waals surface area contributed by atoms with Gasteiger partial charge in [0.1, 0.15) is 0 Å². The van der Waals surface area contributed by atoms with Crippen molar-refractivity contribution in [1.29, 1.82) is 0 Å². The lowest BCUT2D eigenvalue weighted by Crippen LogP contribution is -1.92. The summed E-state index contributed by atoms with van der Waals surface area (Å²) < 4.78 is 0. The molecule has 0 radical (unpaired) electrons. The highest BCUT2D eigenvalue weighted by Crippen LogP contribution is 2.12. The average molecular weight is 140 g/mol. The first-order chi connectivity index (χ1) is 4.74. The highest BCUT2D eigenvalue weighted by Gasteiger charge is 1.97. The van der Waals surface area contributed by atoms with Gasteiger partial charge in [-0.2, -0.15) is 0 Å². The largest absolute Gasteiger partial charge is 0.0825 e. The lowest BCUT2D eigenvalue weighted by Gasteiger charge is -2.06. The van der Waals surface area contributed by atoms with Crippen LogP contribution in [-0.4, -0.2) is 0 Å². The Morgan fingerprint density at radius 3 is 2.00 bits per heavy atom. The van der Waals surface area contributed by atoms with E-state index in [1.54, 1.807) is 0 Å². The van der Waals surface area contributed by atoms with Gasteiger partial charge in [-0.15, -0.1) is 0 Å². The molecule has 0 heteroatoms. The Bertz CT molecular complexity index is 96.6. The van der Waals surface area contributed by atoms with Crippen molar-refractivity contribution in [2.75, 3.05) is 0 Å². The van der Waals surface area contributed by atoms with Crippen LogP contribution in [0, 0.1) is 5.92 Å². The Balaban J connectivity index is 3.80. The molecule has 0 aromatic heterocycles. The minimum Gasteiger partial charge on any atom is -0.0825 e. The molecule has 0 rings (SSSR count). The number of hydrogen-bond acceptors (Lipinski definition) is 0. The first-order valence-electron chi connectivity index (χ1n) is 4.41. The molecule has 0 atom stereocenters. The lowest BCUT2D eigenvalue weighted by atomic mass is 10.00. The zero-order chi connectivity index (χ0) is 7.98. The summed E-state index contributed by atoms with van der Waals surface area (Å²) in [5.41, 5.74) is 1.54. The van der Waals surface area contributed by atoms with E-state index in [1.807, 2.05) is 0 Å². The summed E-state index contributed by atoms with van der Waals surface area (Å²) in [5, 5.41) is 0. The molecule has 0 amide bonds. The molecule has 0 aliphatic carbocycles. The fourth-order valence-electron chi connectivity index (χ4n) is 1.04. The van der Waals surface area contributed by atoms with Gasteiger partial charge >= 0.3 is 0 Å². The molecule has 60 valence electrons. The second-order valence-corrected chi connectivity index (χ2v) is 2.94. The van der Waals surface area contributed by atoms with Crippen LogP contribution in [0.3, 0.4) is 0 Å². The molecular formula is C10H20. The average Bonchev–Trinajstić information content (AvgIpc) is 1.99. The molecular weight excluding hydrogens is 120 g/mol. The highest BCUT2D eigenvalue weighted by atomic mass is 14.0. The van der Waals surface area contributed by atoms with Crippen LogP contribution in [-0.2, 0) is 0 Å². The minimum absolute atomic E-state index is 0.819. The van der Waals surface area contributed by atoms with Crippen molar-refractivity contribution in [3.63, 3.8) is 0 Å². The third-order valence-electron chi connectivity index (χ3n) is 2.13. The number of rotatable bonds is 4. The molecule has 0 saturated carbocycles. The minimum atomic E-state index is 0.819. The lowest BCUT2D eigenvalue weighted by molar-refractivity contribution is 0.600. The molecule has 0 nitrogen and oxygen atoms in total. The Hall–Kier alpha value is -0.260. The maximum Gasteiger partial charge on any atom is -0.0236 e. The summed E-state index contributed by atoms with van der Waals surface area (Å²) in [4.78, 5) is 0. The van der Waals surface area contributed by atoms with E-state index in [9.17, 15) is 0 Å². The van der Waals surface area contributed by atoms with Gasteiger partial charge in [0.25, 0.3) is 0 Å². The Morgan fingerprint density at radius 1 is 1.20 bits per heavy atom.